The summed E-state index contributed by atoms with van der Waals surface area (Å²) in [6, 6.07) is 0. The number of sulfonamides is 1. The van der Waals surface area contributed by atoms with Crippen molar-refractivity contribution in [3.05, 3.63) is 0 Å². The lowest BCUT2D eigenvalue weighted by Gasteiger charge is -2.18. The molecule has 13 heavy (non-hydrogen) atoms. The third kappa shape index (κ3) is 4.78. The Hall–Kier alpha value is 0.120. The van der Waals surface area contributed by atoms with Crippen LogP contribution >= 0.6 is 11.6 Å². The topological polar surface area (TPSA) is 66.8 Å². The Morgan fingerprint density at radius 2 is 2.08 bits per heavy atom. The van der Waals surface area contributed by atoms with Crippen molar-refractivity contribution < 1.29 is 18.3 Å². The van der Waals surface area contributed by atoms with Gasteiger partial charge >= 0.3 is 0 Å². The van der Waals surface area contributed by atoms with E-state index in [-0.39, 0.29) is 26.3 Å². The molecule has 80 valence electrons. The standard InChI is InChI=1S/C6H14ClNO4S/c1-12-5-3-8(2-4-9)13(10,11)6-7/h9H,2-6H2,1H3. The van der Waals surface area contributed by atoms with Crippen molar-refractivity contribution in [1.29, 1.82) is 0 Å². The molecule has 0 aromatic rings. The van der Waals surface area contributed by atoms with E-state index in [1.165, 1.54) is 7.11 Å². The van der Waals surface area contributed by atoms with E-state index in [2.05, 4.69) is 0 Å². The maximum Gasteiger partial charge on any atom is 0.228 e. The van der Waals surface area contributed by atoms with Gasteiger partial charge in [-0.25, -0.2) is 8.42 Å². The van der Waals surface area contributed by atoms with Gasteiger partial charge in [0.15, 0.2) is 0 Å². The second kappa shape index (κ2) is 6.56. The van der Waals surface area contributed by atoms with Crippen molar-refractivity contribution >= 4 is 21.6 Å². The van der Waals surface area contributed by atoms with Gasteiger partial charge in [0.2, 0.25) is 10.0 Å². The van der Waals surface area contributed by atoms with E-state index < -0.39 is 15.2 Å². The van der Waals surface area contributed by atoms with Crippen molar-refractivity contribution in [3.63, 3.8) is 0 Å². The molecule has 0 amide bonds. The van der Waals surface area contributed by atoms with Crippen LogP contribution in [0.2, 0.25) is 0 Å². The molecule has 0 aromatic carbocycles. The van der Waals surface area contributed by atoms with E-state index in [0.29, 0.717) is 0 Å². The highest BCUT2D eigenvalue weighted by Gasteiger charge is 2.19. The first kappa shape index (κ1) is 13.1. The van der Waals surface area contributed by atoms with Crippen LogP contribution in [0.5, 0.6) is 0 Å². The molecule has 1 N–H and O–H groups in total. The lowest BCUT2D eigenvalue weighted by molar-refractivity contribution is 0.169. The molecular weight excluding hydrogens is 218 g/mol. The number of methoxy groups -OCH3 is 1. The van der Waals surface area contributed by atoms with Gasteiger partial charge < -0.3 is 9.84 Å². The number of hydrogen-bond acceptors (Lipinski definition) is 4. The minimum absolute atomic E-state index is 0.0540. The van der Waals surface area contributed by atoms with Gasteiger partial charge in [0.05, 0.1) is 13.2 Å². The van der Waals surface area contributed by atoms with Crippen LogP contribution in [0, 0.1) is 0 Å². The van der Waals surface area contributed by atoms with Gasteiger partial charge in [0, 0.05) is 20.2 Å². The first-order valence-corrected chi connectivity index (χ1v) is 5.86. The van der Waals surface area contributed by atoms with E-state index in [0.717, 1.165) is 4.31 Å². The van der Waals surface area contributed by atoms with Crippen LogP contribution in [-0.4, -0.2) is 56.5 Å². The molecule has 0 aliphatic carbocycles. The molecule has 0 saturated heterocycles. The molecule has 0 spiro atoms. The summed E-state index contributed by atoms with van der Waals surface area (Å²) in [4.78, 5) is 0. The van der Waals surface area contributed by atoms with Crippen LogP contribution in [0.25, 0.3) is 0 Å². The minimum Gasteiger partial charge on any atom is -0.395 e. The van der Waals surface area contributed by atoms with Crippen LogP contribution in [0.1, 0.15) is 0 Å². The Kier molecular flexibility index (Phi) is 6.62. The van der Waals surface area contributed by atoms with E-state index in [4.69, 9.17) is 21.4 Å². The number of aliphatic hydroxyl groups excluding tert-OH is 1. The third-order valence-electron chi connectivity index (χ3n) is 1.43. The SMILES string of the molecule is COCCN(CCO)S(=O)(=O)CCl. The molecule has 0 atom stereocenters. The molecule has 0 heterocycles. The summed E-state index contributed by atoms with van der Waals surface area (Å²) in [5.41, 5.74) is 0. The summed E-state index contributed by atoms with van der Waals surface area (Å²) < 4.78 is 28.3. The first-order valence-electron chi connectivity index (χ1n) is 3.72. The second-order valence-corrected chi connectivity index (χ2v) is 4.89. The molecule has 0 aromatic heterocycles. The quantitative estimate of drug-likeness (QED) is 0.598. The number of hydrogen-bond donors (Lipinski definition) is 1. The Balaban J connectivity index is 4.23. The summed E-state index contributed by atoms with van der Waals surface area (Å²) in [5, 5.41) is 8.13. The molecule has 5 nitrogen and oxygen atoms in total. The predicted octanol–water partition coefficient (Wildman–Crippen LogP) is -0.547. The van der Waals surface area contributed by atoms with Gasteiger partial charge in [-0.3, -0.25) is 0 Å². The fourth-order valence-corrected chi connectivity index (χ4v) is 2.03. The molecule has 0 aliphatic heterocycles. The van der Waals surface area contributed by atoms with Gasteiger partial charge in [-0.2, -0.15) is 4.31 Å². The summed E-state index contributed by atoms with van der Waals surface area (Å²) in [5.74, 6) is 0. The van der Waals surface area contributed by atoms with Crippen LogP contribution in [0.4, 0.5) is 0 Å². The Bertz CT molecular complexity index is 219. The normalized spacial score (nSPS) is 12.3. The Morgan fingerprint density at radius 1 is 1.46 bits per heavy atom. The van der Waals surface area contributed by atoms with Gasteiger partial charge in [0.1, 0.15) is 5.21 Å². The van der Waals surface area contributed by atoms with E-state index >= 15 is 0 Å². The summed E-state index contributed by atoms with van der Waals surface area (Å²) >= 11 is 5.25. The van der Waals surface area contributed by atoms with Crippen molar-refractivity contribution in [2.45, 2.75) is 0 Å². The predicted molar refractivity (Wildman–Crippen MR) is 50.2 cm³/mol. The number of ether oxygens (including phenoxy) is 1. The Labute approximate surface area is 83.3 Å². The second-order valence-electron chi connectivity index (χ2n) is 2.34. The molecule has 0 bridgehead atoms. The van der Waals surface area contributed by atoms with Crippen molar-refractivity contribution in [2.75, 3.05) is 38.6 Å². The first-order chi connectivity index (χ1) is 6.08. The summed E-state index contributed by atoms with van der Waals surface area (Å²) in [7, 11) is -1.96. The number of alkyl halides is 1. The maximum atomic E-state index is 11.2. The molecular formula is C6H14ClNO4S. The lowest BCUT2D eigenvalue weighted by atomic mass is 10.6. The molecule has 0 saturated carbocycles. The number of aliphatic hydroxyl groups is 1. The zero-order chi connectivity index (χ0) is 10.3. The third-order valence-corrected chi connectivity index (χ3v) is 3.68. The van der Waals surface area contributed by atoms with Crippen molar-refractivity contribution in [1.82, 2.24) is 4.31 Å². The number of nitrogens with zero attached hydrogens (tertiary/aromatic N) is 1. The Morgan fingerprint density at radius 3 is 2.46 bits per heavy atom. The maximum absolute atomic E-state index is 11.2. The zero-order valence-electron chi connectivity index (χ0n) is 7.44. The summed E-state index contributed by atoms with van der Waals surface area (Å²) in [6.45, 7) is 0.334. The highest BCUT2D eigenvalue weighted by molar-refractivity contribution is 7.90. The molecule has 0 radical (unpaired) electrons. The highest BCUT2D eigenvalue weighted by atomic mass is 35.5. The van der Waals surface area contributed by atoms with Gasteiger partial charge in [-0.05, 0) is 0 Å². The highest BCUT2D eigenvalue weighted by Crippen LogP contribution is 2.02. The average molecular weight is 232 g/mol. The smallest absolute Gasteiger partial charge is 0.228 e. The summed E-state index contributed by atoms with van der Waals surface area (Å²) in [6.07, 6.45) is 0. The molecule has 7 heteroatoms. The zero-order valence-corrected chi connectivity index (χ0v) is 9.01. The van der Waals surface area contributed by atoms with Gasteiger partial charge in [-0.15, -0.1) is 11.6 Å². The van der Waals surface area contributed by atoms with Crippen LogP contribution < -0.4 is 0 Å². The number of halogens is 1. The van der Waals surface area contributed by atoms with Crippen LogP contribution in [0.15, 0.2) is 0 Å². The fraction of sp³-hybridized carbons (Fsp3) is 1.00. The fourth-order valence-electron chi connectivity index (χ4n) is 0.764. The minimum atomic E-state index is -3.44. The van der Waals surface area contributed by atoms with Gasteiger partial charge in [0.25, 0.3) is 0 Å². The van der Waals surface area contributed by atoms with Crippen LogP contribution in [-0.2, 0) is 14.8 Å². The monoisotopic (exact) mass is 231 g/mol. The molecule has 0 aliphatic rings. The van der Waals surface area contributed by atoms with E-state index in [9.17, 15) is 8.42 Å². The van der Waals surface area contributed by atoms with Gasteiger partial charge in [-0.1, -0.05) is 0 Å². The van der Waals surface area contributed by atoms with E-state index in [1.54, 1.807) is 0 Å². The largest absolute Gasteiger partial charge is 0.395 e. The molecule has 0 unspecified atom stereocenters. The van der Waals surface area contributed by atoms with Crippen LogP contribution in [0.3, 0.4) is 0 Å². The lowest BCUT2D eigenvalue weighted by Crippen LogP contribution is -2.36. The molecule has 0 fully saturated rings. The number of rotatable bonds is 7. The van der Waals surface area contributed by atoms with Crippen molar-refractivity contribution in [2.24, 2.45) is 0 Å². The van der Waals surface area contributed by atoms with E-state index in [1.807, 2.05) is 0 Å². The van der Waals surface area contributed by atoms with Crippen molar-refractivity contribution in [3.8, 4) is 0 Å². The molecule has 0 rings (SSSR count). The average Bonchev–Trinajstić information content (AvgIpc) is 2.12.